The van der Waals surface area contributed by atoms with Gasteiger partial charge in [-0.05, 0) is 55.8 Å². The third-order valence-corrected chi connectivity index (χ3v) is 3.25. The van der Waals surface area contributed by atoms with Crippen LogP contribution in [0.25, 0.3) is 16.7 Å². The maximum Gasteiger partial charge on any atom is 0.126 e. The van der Waals surface area contributed by atoms with Crippen molar-refractivity contribution >= 4 is 16.7 Å². The highest BCUT2D eigenvalue weighted by Crippen LogP contribution is 2.24. The van der Waals surface area contributed by atoms with Crippen LogP contribution in [0.15, 0.2) is 36.4 Å². The van der Waals surface area contributed by atoms with Gasteiger partial charge < -0.3 is 5.73 Å². The van der Waals surface area contributed by atoms with Gasteiger partial charge in [0.15, 0.2) is 0 Å². The molecular weight excluding hydrogens is 241 g/mol. The van der Waals surface area contributed by atoms with Crippen LogP contribution in [0, 0.1) is 19.7 Å². The topological polar surface area (TPSA) is 43.8 Å². The van der Waals surface area contributed by atoms with E-state index in [9.17, 15) is 4.39 Å². The number of halogens is 1. The van der Waals surface area contributed by atoms with Crippen LogP contribution in [-0.4, -0.2) is 9.55 Å². The first kappa shape index (κ1) is 11.7. The lowest BCUT2D eigenvalue weighted by atomic mass is 10.2. The molecule has 0 amide bonds. The van der Waals surface area contributed by atoms with Crippen LogP contribution in [0.4, 0.5) is 10.1 Å². The SMILES string of the molecule is Cc1cc(-n2c(C)nc3cc(N)ccc32)ccc1F. The number of imidazole rings is 1. The minimum atomic E-state index is -0.199. The Kier molecular flexibility index (Phi) is 2.52. The van der Waals surface area contributed by atoms with Crippen LogP contribution in [0.5, 0.6) is 0 Å². The Labute approximate surface area is 110 Å². The smallest absolute Gasteiger partial charge is 0.126 e. The average Bonchev–Trinajstić information content (AvgIpc) is 2.68. The average molecular weight is 255 g/mol. The molecule has 3 rings (SSSR count). The molecule has 1 aromatic heterocycles. The molecule has 3 nitrogen and oxygen atoms in total. The summed E-state index contributed by atoms with van der Waals surface area (Å²) in [6.45, 7) is 3.68. The second-order valence-corrected chi connectivity index (χ2v) is 4.68. The summed E-state index contributed by atoms with van der Waals surface area (Å²) in [4.78, 5) is 4.49. The zero-order valence-corrected chi connectivity index (χ0v) is 10.8. The fourth-order valence-corrected chi connectivity index (χ4v) is 2.31. The highest BCUT2D eigenvalue weighted by molar-refractivity contribution is 5.81. The summed E-state index contributed by atoms with van der Waals surface area (Å²) in [5.74, 6) is 0.654. The largest absolute Gasteiger partial charge is 0.399 e. The first-order valence-electron chi connectivity index (χ1n) is 6.07. The lowest BCUT2D eigenvalue weighted by Crippen LogP contribution is -1.98. The Balaban J connectivity index is 2.29. The number of fused-ring (bicyclic) bond motifs is 1. The highest BCUT2D eigenvalue weighted by atomic mass is 19.1. The first-order chi connectivity index (χ1) is 9.06. The van der Waals surface area contributed by atoms with Gasteiger partial charge in [-0.25, -0.2) is 9.37 Å². The Morgan fingerprint density at radius 2 is 1.89 bits per heavy atom. The van der Waals surface area contributed by atoms with Crippen molar-refractivity contribution in [3.63, 3.8) is 0 Å². The van der Waals surface area contributed by atoms with Crippen molar-refractivity contribution in [2.45, 2.75) is 13.8 Å². The minimum absolute atomic E-state index is 0.199. The summed E-state index contributed by atoms with van der Waals surface area (Å²) in [6.07, 6.45) is 0. The molecule has 3 aromatic rings. The number of aromatic nitrogens is 2. The van der Waals surface area contributed by atoms with Crippen molar-refractivity contribution in [1.29, 1.82) is 0 Å². The summed E-state index contributed by atoms with van der Waals surface area (Å²) >= 11 is 0. The molecule has 0 aliphatic carbocycles. The van der Waals surface area contributed by atoms with Gasteiger partial charge in [0.25, 0.3) is 0 Å². The van der Waals surface area contributed by atoms with Crippen LogP contribution in [0.3, 0.4) is 0 Å². The molecule has 4 heteroatoms. The summed E-state index contributed by atoms with van der Waals surface area (Å²) in [5, 5.41) is 0. The second kappa shape index (κ2) is 4.09. The maximum absolute atomic E-state index is 13.4. The van der Waals surface area contributed by atoms with Crippen LogP contribution in [-0.2, 0) is 0 Å². The van der Waals surface area contributed by atoms with E-state index in [-0.39, 0.29) is 5.82 Å². The number of aryl methyl sites for hydroxylation is 2. The molecule has 0 atom stereocenters. The summed E-state index contributed by atoms with van der Waals surface area (Å²) in [7, 11) is 0. The lowest BCUT2D eigenvalue weighted by molar-refractivity contribution is 0.618. The van der Waals surface area contributed by atoms with Gasteiger partial charge in [-0.1, -0.05) is 0 Å². The summed E-state index contributed by atoms with van der Waals surface area (Å²) in [6, 6.07) is 10.7. The molecule has 0 saturated heterocycles. The molecule has 1 heterocycles. The number of nitrogens with zero attached hydrogens (tertiary/aromatic N) is 2. The van der Waals surface area contributed by atoms with Crippen LogP contribution >= 0.6 is 0 Å². The zero-order chi connectivity index (χ0) is 13.6. The molecule has 0 saturated carbocycles. The fourth-order valence-electron chi connectivity index (χ4n) is 2.31. The van der Waals surface area contributed by atoms with Crippen molar-refractivity contribution in [3.8, 4) is 5.69 Å². The zero-order valence-electron chi connectivity index (χ0n) is 10.8. The van der Waals surface area contributed by atoms with Crippen LogP contribution < -0.4 is 5.73 Å². The minimum Gasteiger partial charge on any atom is -0.399 e. The third kappa shape index (κ3) is 1.85. The van der Waals surface area contributed by atoms with Crippen molar-refractivity contribution < 1.29 is 4.39 Å². The van der Waals surface area contributed by atoms with Crippen LogP contribution in [0.1, 0.15) is 11.4 Å². The molecule has 19 heavy (non-hydrogen) atoms. The van der Waals surface area contributed by atoms with E-state index in [0.29, 0.717) is 11.3 Å². The van der Waals surface area contributed by atoms with E-state index in [1.165, 1.54) is 6.07 Å². The van der Waals surface area contributed by atoms with E-state index >= 15 is 0 Å². The second-order valence-electron chi connectivity index (χ2n) is 4.68. The quantitative estimate of drug-likeness (QED) is 0.677. The molecular formula is C15H14FN3. The van der Waals surface area contributed by atoms with Gasteiger partial charge in [0.05, 0.1) is 11.0 Å². The number of nitrogen functional groups attached to an aromatic ring is 1. The molecule has 0 fully saturated rings. The van der Waals surface area contributed by atoms with Crippen molar-refractivity contribution in [3.05, 3.63) is 53.6 Å². The van der Waals surface area contributed by atoms with Gasteiger partial charge in [-0.3, -0.25) is 4.57 Å². The monoisotopic (exact) mass is 255 g/mol. The number of hydrogen-bond donors (Lipinski definition) is 1. The molecule has 2 aromatic carbocycles. The molecule has 0 bridgehead atoms. The molecule has 0 spiro atoms. The van der Waals surface area contributed by atoms with E-state index in [4.69, 9.17) is 5.73 Å². The van der Waals surface area contributed by atoms with Crippen molar-refractivity contribution in [2.75, 3.05) is 5.73 Å². The van der Waals surface area contributed by atoms with E-state index in [1.54, 1.807) is 13.0 Å². The van der Waals surface area contributed by atoms with Crippen LogP contribution in [0.2, 0.25) is 0 Å². The van der Waals surface area contributed by atoms with E-state index < -0.39 is 0 Å². The lowest BCUT2D eigenvalue weighted by Gasteiger charge is -2.08. The number of hydrogen-bond acceptors (Lipinski definition) is 2. The summed E-state index contributed by atoms with van der Waals surface area (Å²) < 4.78 is 15.4. The normalized spacial score (nSPS) is 11.1. The predicted molar refractivity (Wildman–Crippen MR) is 74.9 cm³/mol. The molecule has 0 radical (unpaired) electrons. The Morgan fingerprint density at radius 1 is 1.11 bits per heavy atom. The van der Waals surface area contributed by atoms with E-state index in [1.807, 2.05) is 35.8 Å². The molecule has 0 aliphatic rings. The van der Waals surface area contributed by atoms with Gasteiger partial charge in [0, 0.05) is 11.4 Å². The fraction of sp³-hybridized carbons (Fsp3) is 0.133. The Bertz CT molecular complexity index is 774. The Hall–Kier alpha value is -2.36. The molecule has 96 valence electrons. The molecule has 0 aliphatic heterocycles. The number of rotatable bonds is 1. The standard InChI is InChI=1S/C15H14FN3/c1-9-7-12(4-5-13(9)16)19-10(2)18-14-8-11(17)3-6-15(14)19/h3-8H,17H2,1-2H3. The van der Waals surface area contributed by atoms with Crippen molar-refractivity contribution in [1.82, 2.24) is 9.55 Å². The third-order valence-electron chi connectivity index (χ3n) is 3.25. The predicted octanol–water partition coefficient (Wildman–Crippen LogP) is 3.36. The van der Waals surface area contributed by atoms with Gasteiger partial charge in [-0.15, -0.1) is 0 Å². The number of anilines is 1. The van der Waals surface area contributed by atoms with E-state index in [0.717, 1.165) is 22.5 Å². The number of benzene rings is 2. The Morgan fingerprint density at radius 3 is 2.63 bits per heavy atom. The summed E-state index contributed by atoms with van der Waals surface area (Å²) in [5.41, 5.74) is 9.80. The van der Waals surface area contributed by atoms with Gasteiger partial charge in [0.2, 0.25) is 0 Å². The van der Waals surface area contributed by atoms with Gasteiger partial charge in [-0.2, -0.15) is 0 Å². The maximum atomic E-state index is 13.4. The molecule has 2 N–H and O–H groups in total. The van der Waals surface area contributed by atoms with E-state index in [2.05, 4.69) is 4.98 Å². The first-order valence-corrected chi connectivity index (χ1v) is 6.07. The number of nitrogens with two attached hydrogens (primary N) is 1. The van der Waals surface area contributed by atoms with Gasteiger partial charge in [0.1, 0.15) is 11.6 Å². The highest BCUT2D eigenvalue weighted by Gasteiger charge is 2.10. The molecule has 0 unspecified atom stereocenters. The van der Waals surface area contributed by atoms with Gasteiger partial charge >= 0.3 is 0 Å². The van der Waals surface area contributed by atoms with Crippen molar-refractivity contribution in [2.24, 2.45) is 0 Å².